The van der Waals surface area contributed by atoms with Crippen LogP contribution < -0.4 is 5.76 Å². The van der Waals surface area contributed by atoms with Crippen LogP contribution in [0.3, 0.4) is 0 Å². The van der Waals surface area contributed by atoms with Gasteiger partial charge in [-0.2, -0.15) is 0 Å². The van der Waals surface area contributed by atoms with Crippen LogP contribution in [0.5, 0.6) is 0 Å². The van der Waals surface area contributed by atoms with Crippen molar-refractivity contribution in [2.45, 2.75) is 0 Å². The number of nitrogens with one attached hydrogen (secondary N) is 1. The number of rotatable bonds is 0. The van der Waals surface area contributed by atoms with E-state index in [0.717, 1.165) is 10.9 Å². The van der Waals surface area contributed by atoms with E-state index in [1.54, 1.807) is 12.3 Å². The topological polar surface area (TPSA) is 58.9 Å². The van der Waals surface area contributed by atoms with E-state index in [2.05, 4.69) is 9.97 Å². The summed E-state index contributed by atoms with van der Waals surface area (Å²) in [4.78, 5) is 17.7. The number of aromatic amines is 1. The molecular weight excluding hydrogens is 180 g/mol. The van der Waals surface area contributed by atoms with Crippen LogP contribution in [0.4, 0.5) is 0 Å². The molecule has 68 valence electrons. The normalized spacial score (nSPS) is 11.1. The Morgan fingerprint density at radius 2 is 2.29 bits per heavy atom. The van der Waals surface area contributed by atoms with E-state index < -0.39 is 5.76 Å². The van der Waals surface area contributed by atoms with E-state index in [-0.39, 0.29) is 0 Å². The number of aromatic nitrogens is 2. The molecule has 14 heavy (non-hydrogen) atoms. The summed E-state index contributed by atoms with van der Waals surface area (Å²) in [6.07, 6.45) is 1.71. The molecule has 1 aromatic carbocycles. The summed E-state index contributed by atoms with van der Waals surface area (Å²) in [5.41, 5.74) is 2.07. The lowest BCUT2D eigenvalue weighted by Crippen LogP contribution is -1.92. The molecular formula is C10H6N2O2. The maximum atomic E-state index is 10.9. The van der Waals surface area contributed by atoms with Crippen molar-refractivity contribution in [1.29, 1.82) is 0 Å². The highest BCUT2D eigenvalue weighted by Crippen LogP contribution is 2.18. The average molecular weight is 186 g/mol. The fourth-order valence-corrected chi connectivity index (χ4v) is 1.52. The van der Waals surface area contributed by atoms with Crippen LogP contribution in [0.15, 0.2) is 39.7 Å². The smallest absolute Gasteiger partial charge is 0.408 e. The third kappa shape index (κ3) is 0.939. The Labute approximate surface area is 78.2 Å². The van der Waals surface area contributed by atoms with E-state index in [1.165, 1.54) is 0 Å². The molecule has 0 unspecified atom stereocenters. The van der Waals surface area contributed by atoms with Crippen molar-refractivity contribution in [2.75, 3.05) is 0 Å². The molecule has 0 amide bonds. The first-order valence-corrected chi connectivity index (χ1v) is 4.20. The first kappa shape index (κ1) is 7.32. The summed E-state index contributed by atoms with van der Waals surface area (Å²) in [6, 6.07) is 7.39. The minimum absolute atomic E-state index is 0.435. The van der Waals surface area contributed by atoms with Crippen molar-refractivity contribution in [2.24, 2.45) is 0 Å². The zero-order valence-electron chi connectivity index (χ0n) is 7.15. The summed E-state index contributed by atoms with van der Waals surface area (Å²) in [6.45, 7) is 0. The number of pyridine rings is 1. The van der Waals surface area contributed by atoms with Crippen molar-refractivity contribution in [3.63, 3.8) is 0 Å². The number of nitrogens with zero attached hydrogens (tertiary/aromatic N) is 1. The van der Waals surface area contributed by atoms with Gasteiger partial charge in [-0.25, -0.2) is 4.79 Å². The van der Waals surface area contributed by atoms with Crippen molar-refractivity contribution >= 4 is 22.0 Å². The third-order valence-corrected chi connectivity index (χ3v) is 2.14. The second kappa shape index (κ2) is 2.45. The fourth-order valence-electron chi connectivity index (χ4n) is 1.52. The SMILES string of the molecule is O=c1[nH]c2cc3cccnc3cc2o1. The van der Waals surface area contributed by atoms with Gasteiger partial charge in [0.05, 0.1) is 11.0 Å². The molecule has 1 N–H and O–H groups in total. The quantitative estimate of drug-likeness (QED) is 0.581. The maximum Gasteiger partial charge on any atom is 0.417 e. The van der Waals surface area contributed by atoms with Crippen molar-refractivity contribution in [1.82, 2.24) is 9.97 Å². The summed E-state index contributed by atoms with van der Waals surface area (Å²) in [5.74, 6) is -0.435. The van der Waals surface area contributed by atoms with E-state index in [0.29, 0.717) is 11.1 Å². The van der Waals surface area contributed by atoms with Crippen LogP contribution >= 0.6 is 0 Å². The zero-order chi connectivity index (χ0) is 9.54. The maximum absolute atomic E-state index is 10.9. The van der Waals surface area contributed by atoms with Crippen LogP contribution in [0.25, 0.3) is 22.0 Å². The van der Waals surface area contributed by atoms with Gasteiger partial charge in [0.2, 0.25) is 0 Å². The van der Waals surface area contributed by atoms with Crippen molar-refractivity contribution < 1.29 is 4.42 Å². The molecule has 0 fully saturated rings. The first-order chi connectivity index (χ1) is 6.83. The summed E-state index contributed by atoms with van der Waals surface area (Å²) in [7, 11) is 0. The van der Waals surface area contributed by atoms with Crippen LogP contribution in [-0.2, 0) is 0 Å². The van der Waals surface area contributed by atoms with E-state index in [9.17, 15) is 4.79 Å². The van der Waals surface area contributed by atoms with E-state index >= 15 is 0 Å². The van der Waals surface area contributed by atoms with Gasteiger partial charge in [-0.05, 0) is 12.1 Å². The predicted octanol–water partition coefficient (Wildman–Crippen LogP) is 1.67. The number of oxazole rings is 1. The zero-order valence-corrected chi connectivity index (χ0v) is 7.15. The molecule has 0 saturated heterocycles. The molecule has 0 spiro atoms. The molecule has 3 aromatic rings. The van der Waals surface area contributed by atoms with Gasteiger partial charge in [-0.3, -0.25) is 9.97 Å². The minimum Gasteiger partial charge on any atom is -0.408 e. The highest BCUT2D eigenvalue weighted by Gasteiger charge is 2.02. The van der Waals surface area contributed by atoms with E-state index in [4.69, 9.17) is 4.42 Å². The Morgan fingerprint density at radius 3 is 3.21 bits per heavy atom. The molecule has 0 radical (unpaired) electrons. The lowest BCUT2D eigenvalue weighted by Gasteiger charge is -1.94. The third-order valence-electron chi connectivity index (χ3n) is 2.14. The highest BCUT2D eigenvalue weighted by atomic mass is 16.4. The molecule has 0 aliphatic carbocycles. The van der Waals surface area contributed by atoms with Gasteiger partial charge < -0.3 is 4.42 Å². The number of fused-ring (bicyclic) bond motifs is 2. The van der Waals surface area contributed by atoms with Gasteiger partial charge in [0.1, 0.15) is 0 Å². The Hall–Kier alpha value is -2.10. The summed E-state index contributed by atoms with van der Waals surface area (Å²) in [5, 5.41) is 0.983. The summed E-state index contributed by atoms with van der Waals surface area (Å²) >= 11 is 0. The van der Waals surface area contributed by atoms with Crippen LogP contribution in [0, 0.1) is 0 Å². The van der Waals surface area contributed by atoms with Gasteiger partial charge in [0, 0.05) is 17.6 Å². The standard InChI is InChI=1S/C10H6N2O2/c13-10-12-8-4-6-2-1-3-11-7(6)5-9(8)14-10/h1-5H,(H,12,13). The number of H-pyrrole nitrogens is 1. The second-order valence-electron chi connectivity index (χ2n) is 3.06. The van der Waals surface area contributed by atoms with Crippen LogP contribution in [0.2, 0.25) is 0 Å². The van der Waals surface area contributed by atoms with Gasteiger partial charge in [0.15, 0.2) is 5.58 Å². The monoisotopic (exact) mass is 186 g/mol. The second-order valence-corrected chi connectivity index (χ2v) is 3.06. The van der Waals surface area contributed by atoms with Crippen molar-refractivity contribution in [3.05, 3.63) is 41.0 Å². The Bertz CT molecular complexity index is 611. The molecule has 3 rings (SSSR count). The molecule has 0 bridgehead atoms. The van der Waals surface area contributed by atoms with Crippen molar-refractivity contribution in [3.8, 4) is 0 Å². The molecule has 0 aliphatic rings. The number of benzene rings is 1. The molecule has 4 nitrogen and oxygen atoms in total. The fraction of sp³-hybridized carbons (Fsp3) is 0. The lowest BCUT2D eigenvalue weighted by atomic mass is 10.2. The molecule has 0 atom stereocenters. The average Bonchev–Trinajstić information content (AvgIpc) is 2.53. The molecule has 0 saturated carbocycles. The van der Waals surface area contributed by atoms with Gasteiger partial charge in [-0.15, -0.1) is 0 Å². The number of hydrogen-bond donors (Lipinski definition) is 1. The molecule has 2 heterocycles. The van der Waals surface area contributed by atoms with Crippen LogP contribution in [-0.4, -0.2) is 9.97 Å². The Kier molecular flexibility index (Phi) is 1.28. The Morgan fingerprint density at radius 1 is 1.36 bits per heavy atom. The van der Waals surface area contributed by atoms with Gasteiger partial charge in [-0.1, -0.05) is 6.07 Å². The Balaban J connectivity index is 2.57. The summed E-state index contributed by atoms with van der Waals surface area (Å²) < 4.78 is 4.92. The minimum atomic E-state index is -0.435. The van der Waals surface area contributed by atoms with Gasteiger partial charge >= 0.3 is 5.76 Å². The molecule has 2 aromatic heterocycles. The van der Waals surface area contributed by atoms with E-state index in [1.807, 2.05) is 18.2 Å². The van der Waals surface area contributed by atoms with Crippen LogP contribution in [0.1, 0.15) is 0 Å². The molecule has 0 aliphatic heterocycles. The lowest BCUT2D eigenvalue weighted by molar-refractivity contribution is 0.555. The molecule has 4 heteroatoms. The highest BCUT2D eigenvalue weighted by molar-refractivity contribution is 5.91. The predicted molar refractivity (Wildman–Crippen MR) is 52.1 cm³/mol. The number of hydrogen-bond acceptors (Lipinski definition) is 3. The largest absolute Gasteiger partial charge is 0.417 e. The van der Waals surface area contributed by atoms with Gasteiger partial charge in [0.25, 0.3) is 0 Å². The first-order valence-electron chi connectivity index (χ1n) is 4.20.